The predicted octanol–water partition coefficient (Wildman–Crippen LogP) is 5.47. The lowest BCUT2D eigenvalue weighted by molar-refractivity contribution is -0.136. The van der Waals surface area contributed by atoms with Gasteiger partial charge in [0.05, 0.1) is 3.79 Å². The average Bonchev–Trinajstić information content (AvgIpc) is 2.90. The molecule has 0 spiro atoms. The Morgan fingerprint density at radius 2 is 2.10 bits per heavy atom. The Kier molecular flexibility index (Phi) is 6.74. The zero-order valence-electron chi connectivity index (χ0n) is 13.1. The Morgan fingerprint density at radius 1 is 1.38 bits per heavy atom. The molecule has 0 aromatic carbocycles. The molecule has 2 rings (SSSR count). The quantitative estimate of drug-likeness (QED) is 0.649. The third-order valence-corrected chi connectivity index (χ3v) is 6.13. The van der Waals surface area contributed by atoms with Crippen molar-refractivity contribution in [1.82, 2.24) is 4.90 Å². The number of rotatable bonds is 6. The van der Waals surface area contributed by atoms with Gasteiger partial charge in [-0.1, -0.05) is 26.2 Å². The SMILES string of the molecule is CCCCC1CCC(C(=O)N(C)Cc2csc(Br)c2)CC1. The number of unbranched alkanes of at least 4 members (excludes halogenated alkanes) is 1. The van der Waals surface area contributed by atoms with Crippen molar-refractivity contribution < 1.29 is 4.79 Å². The first-order chi connectivity index (χ1) is 10.1. The lowest BCUT2D eigenvalue weighted by Gasteiger charge is -2.30. The van der Waals surface area contributed by atoms with E-state index in [9.17, 15) is 4.79 Å². The molecule has 118 valence electrons. The van der Waals surface area contributed by atoms with Crippen LogP contribution in [0.2, 0.25) is 0 Å². The second-order valence-electron chi connectivity index (χ2n) is 6.31. The van der Waals surface area contributed by atoms with E-state index in [1.165, 1.54) is 37.7 Å². The van der Waals surface area contributed by atoms with Crippen molar-refractivity contribution in [2.75, 3.05) is 7.05 Å². The van der Waals surface area contributed by atoms with Crippen LogP contribution < -0.4 is 0 Å². The van der Waals surface area contributed by atoms with Gasteiger partial charge in [0.25, 0.3) is 0 Å². The largest absolute Gasteiger partial charge is 0.341 e. The van der Waals surface area contributed by atoms with Crippen LogP contribution >= 0.6 is 27.3 Å². The highest BCUT2D eigenvalue weighted by Gasteiger charge is 2.27. The van der Waals surface area contributed by atoms with Gasteiger partial charge in [-0.2, -0.15) is 0 Å². The minimum Gasteiger partial charge on any atom is -0.341 e. The summed E-state index contributed by atoms with van der Waals surface area (Å²) in [5, 5.41) is 2.12. The maximum absolute atomic E-state index is 12.5. The van der Waals surface area contributed by atoms with E-state index >= 15 is 0 Å². The molecule has 0 aliphatic heterocycles. The van der Waals surface area contributed by atoms with Crippen LogP contribution in [0.25, 0.3) is 0 Å². The summed E-state index contributed by atoms with van der Waals surface area (Å²) >= 11 is 5.16. The molecule has 1 aromatic heterocycles. The van der Waals surface area contributed by atoms with Crippen LogP contribution in [0.4, 0.5) is 0 Å². The van der Waals surface area contributed by atoms with Crippen LogP contribution in [0, 0.1) is 11.8 Å². The van der Waals surface area contributed by atoms with Crippen molar-refractivity contribution in [2.45, 2.75) is 58.4 Å². The molecule has 0 unspecified atom stereocenters. The maximum Gasteiger partial charge on any atom is 0.225 e. The second kappa shape index (κ2) is 8.33. The molecule has 4 heteroatoms. The van der Waals surface area contributed by atoms with Gasteiger partial charge >= 0.3 is 0 Å². The van der Waals surface area contributed by atoms with Crippen molar-refractivity contribution in [1.29, 1.82) is 0 Å². The van der Waals surface area contributed by atoms with Crippen LogP contribution in [0.15, 0.2) is 15.2 Å². The molecule has 1 aromatic rings. The first kappa shape index (κ1) is 17.0. The van der Waals surface area contributed by atoms with Gasteiger partial charge in [0.2, 0.25) is 5.91 Å². The van der Waals surface area contributed by atoms with Crippen molar-refractivity contribution in [3.05, 3.63) is 20.8 Å². The van der Waals surface area contributed by atoms with E-state index in [0.29, 0.717) is 5.91 Å². The molecular formula is C17H26BrNOS. The predicted molar refractivity (Wildman–Crippen MR) is 93.5 cm³/mol. The number of nitrogens with zero attached hydrogens (tertiary/aromatic N) is 1. The zero-order valence-corrected chi connectivity index (χ0v) is 15.5. The summed E-state index contributed by atoms with van der Waals surface area (Å²) in [6.45, 7) is 2.99. The van der Waals surface area contributed by atoms with Crippen molar-refractivity contribution in [3.8, 4) is 0 Å². The Morgan fingerprint density at radius 3 is 2.67 bits per heavy atom. The fraction of sp³-hybridized carbons (Fsp3) is 0.706. The van der Waals surface area contributed by atoms with Gasteiger partial charge in [-0.15, -0.1) is 11.3 Å². The number of carbonyl (C=O) groups excluding carboxylic acids is 1. The van der Waals surface area contributed by atoms with E-state index in [0.717, 1.165) is 29.1 Å². The van der Waals surface area contributed by atoms with Gasteiger partial charge in [0.1, 0.15) is 0 Å². The molecule has 1 aliphatic carbocycles. The lowest BCUT2D eigenvalue weighted by atomic mass is 9.79. The van der Waals surface area contributed by atoms with Crippen LogP contribution in [0.3, 0.4) is 0 Å². The topological polar surface area (TPSA) is 20.3 Å². The molecule has 1 aliphatic rings. The summed E-state index contributed by atoms with van der Waals surface area (Å²) in [6.07, 6.45) is 8.66. The number of amides is 1. The number of thiophene rings is 1. The highest BCUT2D eigenvalue weighted by molar-refractivity contribution is 9.11. The van der Waals surface area contributed by atoms with E-state index in [2.05, 4.69) is 34.3 Å². The fourth-order valence-corrected chi connectivity index (χ4v) is 4.48. The summed E-state index contributed by atoms with van der Waals surface area (Å²) in [5.41, 5.74) is 1.22. The molecular weight excluding hydrogens is 346 g/mol. The summed E-state index contributed by atoms with van der Waals surface area (Å²) in [4.78, 5) is 14.5. The first-order valence-electron chi connectivity index (χ1n) is 8.08. The molecule has 0 radical (unpaired) electrons. The molecule has 1 saturated carbocycles. The standard InChI is InChI=1S/C17H26BrNOS/c1-3-4-5-13-6-8-15(9-7-13)17(20)19(2)11-14-10-16(18)21-12-14/h10,12-13,15H,3-9,11H2,1-2H3. The van der Waals surface area contributed by atoms with E-state index in [4.69, 9.17) is 0 Å². The Labute approximate surface area is 141 Å². The Bertz CT molecular complexity index is 451. The van der Waals surface area contributed by atoms with Gasteiger partial charge in [-0.3, -0.25) is 4.79 Å². The minimum absolute atomic E-state index is 0.259. The molecule has 1 fully saturated rings. The molecule has 1 heterocycles. The lowest BCUT2D eigenvalue weighted by Crippen LogP contribution is -2.34. The number of carbonyl (C=O) groups is 1. The van der Waals surface area contributed by atoms with E-state index in [1.54, 1.807) is 11.3 Å². The Balaban J connectivity index is 1.78. The number of hydrogen-bond acceptors (Lipinski definition) is 2. The minimum atomic E-state index is 0.259. The molecule has 2 nitrogen and oxygen atoms in total. The monoisotopic (exact) mass is 371 g/mol. The van der Waals surface area contributed by atoms with Crippen LogP contribution in [0.1, 0.15) is 57.4 Å². The normalized spacial score (nSPS) is 22.2. The highest BCUT2D eigenvalue weighted by atomic mass is 79.9. The summed E-state index contributed by atoms with van der Waals surface area (Å²) in [5.74, 6) is 1.47. The molecule has 0 saturated heterocycles. The van der Waals surface area contributed by atoms with Gasteiger partial charge in [0.15, 0.2) is 0 Å². The average molecular weight is 372 g/mol. The van der Waals surface area contributed by atoms with Crippen LogP contribution in [-0.4, -0.2) is 17.9 Å². The van der Waals surface area contributed by atoms with E-state index < -0.39 is 0 Å². The summed E-state index contributed by atoms with van der Waals surface area (Å²) < 4.78 is 1.13. The fourth-order valence-electron chi connectivity index (χ4n) is 3.28. The molecule has 0 bridgehead atoms. The van der Waals surface area contributed by atoms with E-state index in [1.807, 2.05) is 11.9 Å². The van der Waals surface area contributed by atoms with E-state index in [-0.39, 0.29) is 5.92 Å². The molecule has 0 N–H and O–H groups in total. The van der Waals surface area contributed by atoms with Crippen molar-refractivity contribution in [2.24, 2.45) is 11.8 Å². The van der Waals surface area contributed by atoms with Gasteiger partial charge in [0, 0.05) is 19.5 Å². The highest BCUT2D eigenvalue weighted by Crippen LogP contribution is 2.33. The first-order valence-corrected chi connectivity index (χ1v) is 9.75. The third-order valence-electron chi connectivity index (χ3n) is 4.58. The summed E-state index contributed by atoms with van der Waals surface area (Å²) in [7, 11) is 1.94. The Hall–Kier alpha value is -0.350. The molecule has 1 amide bonds. The molecule has 0 atom stereocenters. The number of hydrogen-bond donors (Lipinski definition) is 0. The number of halogens is 1. The van der Waals surface area contributed by atoms with Crippen LogP contribution in [-0.2, 0) is 11.3 Å². The van der Waals surface area contributed by atoms with Crippen molar-refractivity contribution >= 4 is 33.2 Å². The van der Waals surface area contributed by atoms with Crippen molar-refractivity contribution in [3.63, 3.8) is 0 Å². The third kappa shape index (κ3) is 5.10. The second-order valence-corrected chi connectivity index (χ2v) is 8.60. The maximum atomic E-state index is 12.5. The van der Waals surface area contributed by atoms with Gasteiger partial charge in [-0.05, 0) is 64.5 Å². The van der Waals surface area contributed by atoms with Crippen LogP contribution in [0.5, 0.6) is 0 Å². The van der Waals surface area contributed by atoms with Gasteiger partial charge < -0.3 is 4.90 Å². The van der Waals surface area contributed by atoms with Gasteiger partial charge in [-0.25, -0.2) is 0 Å². The summed E-state index contributed by atoms with van der Waals surface area (Å²) in [6, 6.07) is 2.11. The smallest absolute Gasteiger partial charge is 0.225 e. The zero-order chi connectivity index (χ0) is 15.2. The molecule has 21 heavy (non-hydrogen) atoms.